The number of benzene rings is 1. The highest BCUT2D eigenvalue weighted by atomic mass is 32.1. The molecule has 2 aromatic rings. The molecule has 0 saturated heterocycles. The second-order valence-electron chi connectivity index (χ2n) is 3.74. The van der Waals surface area contributed by atoms with Gasteiger partial charge in [0.2, 0.25) is 0 Å². The van der Waals surface area contributed by atoms with Gasteiger partial charge >= 0.3 is 0 Å². The first-order chi connectivity index (χ1) is 8.56. The van der Waals surface area contributed by atoms with Gasteiger partial charge in [0.25, 0.3) is 5.95 Å². The van der Waals surface area contributed by atoms with Crippen molar-refractivity contribution >= 4 is 23.8 Å². The molecule has 0 amide bonds. The Morgan fingerprint density at radius 2 is 2.06 bits per heavy atom. The number of hydrogen-bond donors (Lipinski definition) is 0. The molecule has 0 N–H and O–H groups in total. The van der Waals surface area contributed by atoms with E-state index in [4.69, 9.17) is 0 Å². The Kier molecular flexibility index (Phi) is 3.61. The molecule has 0 bridgehead atoms. The van der Waals surface area contributed by atoms with E-state index < -0.39 is 11.6 Å². The normalized spacial score (nSPS) is 11.1. The maximum Gasteiger partial charge on any atom is 0.263 e. The third-order valence-corrected chi connectivity index (χ3v) is 2.74. The Morgan fingerprint density at radius 1 is 1.28 bits per heavy atom. The number of rotatable bonds is 3. The van der Waals surface area contributed by atoms with E-state index in [1.54, 1.807) is 11.2 Å². The minimum Gasteiger partial charge on any atom is -0.369 e. The second kappa shape index (κ2) is 5.18. The molecule has 1 aromatic carbocycles. The fourth-order valence-electron chi connectivity index (χ4n) is 1.18. The fourth-order valence-corrected chi connectivity index (χ4v) is 1.79. The van der Waals surface area contributed by atoms with Gasteiger partial charge in [-0.05, 0) is 29.7 Å². The van der Waals surface area contributed by atoms with Crippen LogP contribution in [0.25, 0.3) is 10.6 Å². The minimum absolute atomic E-state index is 0.299. The minimum atomic E-state index is -0.902. The van der Waals surface area contributed by atoms with Gasteiger partial charge in [0.1, 0.15) is 5.01 Å². The first-order valence-electron chi connectivity index (χ1n) is 5.06. The van der Waals surface area contributed by atoms with E-state index in [-0.39, 0.29) is 0 Å². The predicted octanol–water partition coefficient (Wildman–Crippen LogP) is 2.70. The summed E-state index contributed by atoms with van der Waals surface area (Å²) in [6.45, 7) is 0. The first kappa shape index (κ1) is 12.6. The van der Waals surface area contributed by atoms with Crippen molar-refractivity contribution < 1.29 is 8.78 Å². The molecule has 1 heterocycles. The Morgan fingerprint density at radius 3 is 2.72 bits per heavy atom. The van der Waals surface area contributed by atoms with Crippen LogP contribution in [0.1, 0.15) is 0 Å². The highest BCUT2D eigenvalue weighted by Crippen LogP contribution is 2.25. The lowest BCUT2D eigenvalue weighted by molar-refractivity contribution is 0.509. The summed E-state index contributed by atoms with van der Waals surface area (Å²) in [5, 5.41) is 0.500. The average Bonchev–Trinajstić information content (AvgIpc) is 2.79. The van der Waals surface area contributed by atoms with Crippen molar-refractivity contribution in [3.05, 3.63) is 29.8 Å². The number of nitrogens with zero attached hydrogens (tertiary/aromatic N) is 4. The van der Waals surface area contributed by atoms with E-state index in [0.717, 1.165) is 23.7 Å². The van der Waals surface area contributed by atoms with Crippen LogP contribution < -0.4 is 0 Å². The molecule has 0 radical (unpaired) electrons. The summed E-state index contributed by atoms with van der Waals surface area (Å²) in [6.07, 6.45) is 1.57. The Balaban J connectivity index is 2.26. The molecule has 0 saturated carbocycles. The van der Waals surface area contributed by atoms with E-state index in [9.17, 15) is 8.78 Å². The van der Waals surface area contributed by atoms with E-state index in [0.29, 0.717) is 16.5 Å². The smallest absolute Gasteiger partial charge is 0.263 e. The van der Waals surface area contributed by atoms with Crippen LogP contribution >= 0.6 is 11.5 Å². The van der Waals surface area contributed by atoms with Gasteiger partial charge in [-0.2, -0.15) is 9.36 Å². The molecular formula is C11H10F2N4S. The SMILES string of the molecule is CN(C)/C=N\c1nsc(-c2ccc(F)c(F)c2)n1. The molecule has 0 spiro atoms. The van der Waals surface area contributed by atoms with Crippen LogP contribution in [-0.2, 0) is 0 Å². The van der Waals surface area contributed by atoms with Gasteiger partial charge < -0.3 is 4.90 Å². The maximum absolute atomic E-state index is 13.1. The van der Waals surface area contributed by atoms with Gasteiger partial charge in [-0.25, -0.2) is 13.8 Å². The molecule has 4 nitrogen and oxygen atoms in total. The number of halogens is 2. The lowest BCUT2D eigenvalue weighted by Crippen LogP contribution is -2.07. The zero-order valence-corrected chi connectivity index (χ0v) is 10.6. The lowest BCUT2D eigenvalue weighted by atomic mass is 10.2. The monoisotopic (exact) mass is 268 g/mol. The Labute approximate surface area is 107 Å². The van der Waals surface area contributed by atoms with E-state index in [1.807, 2.05) is 14.1 Å². The molecule has 0 unspecified atom stereocenters. The summed E-state index contributed by atoms with van der Waals surface area (Å²) < 4.78 is 29.9. The zero-order valence-electron chi connectivity index (χ0n) is 9.76. The summed E-state index contributed by atoms with van der Waals surface area (Å²) in [5.74, 6) is -1.48. The highest BCUT2D eigenvalue weighted by Gasteiger charge is 2.09. The quantitative estimate of drug-likeness (QED) is 0.635. The molecule has 2 rings (SSSR count). The molecule has 94 valence electrons. The van der Waals surface area contributed by atoms with Gasteiger partial charge in [-0.3, -0.25) is 0 Å². The molecule has 0 aliphatic carbocycles. The van der Waals surface area contributed by atoms with Gasteiger partial charge in [0, 0.05) is 19.7 Å². The lowest BCUT2D eigenvalue weighted by Gasteiger charge is -1.99. The molecule has 7 heteroatoms. The Hall–Kier alpha value is -1.89. The van der Waals surface area contributed by atoms with Crippen molar-refractivity contribution in [3.63, 3.8) is 0 Å². The topological polar surface area (TPSA) is 41.4 Å². The summed E-state index contributed by atoms with van der Waals surface area (Å²) in [4.78, 5) is 9.88. The van der Waals surface area contributed by atoms with E-state index in [2.05, 4.69) is 14.3 Å². The molecule has 0 atom stereocenters. The number of aromatic nitrogens is 2. The third-order valence-electron chi connectivity index (χ3n) is 1.99. The molecule has 1 aromatic heterocycles. The van der Waals surface area contributed by atoms with Crippen molar-refractivity contribution in [1.29, 1.82) is 0 Å². The average molecular weight is 268 g/mol. The van der Waals surface area contributed by atoms with Crippen LogP contribution in [0.15, 0.2) is 23.2 Å². The predicted molar refractivity (Wildman–Crippen MR) is 67.1 cm³/mol. The third kappa shape index (κ3) is 2.86. The van der Waals surface area contributed by atoms with Gasteiger partial charge in [-0.15, -0.1) is 0 Å². The number of aliphatic imine (C=N–C) groups is 1. The van der Waals surface area contributed by atoms with Crippen molar-refractivity contribution in [1.82, 2.24) is 14.3 Å². The largest absolute Gasteiger partial charge is 0.369 e. The van der Waals surface area contributed by atoms with Crippen LogP contribution in [0.2, 0.25) is 0 Å². The van der Waals surface area contributed by atoms with Crippen molar-refractivity contribution in [3.8, 4) is 10.6 Å². The summed E-state index contributed by atoms with van der Waals surface area (Å²) >= 11 is 1.09. The molecular weight excluding hydrogens is 258 g/mol. The first-order valence-corrected chi connectivity index (χ1v) is 5.83. The van der Waals surface area contributed by atoms with Gasteiger partial charge in [-0.1, -0.05) is 0 Å². The molecule has 0 aliphatic heterocycles. The van der Waals surface area contributed by atoms with Crippen LogP contribution in [0.4, 0.5) is 14.7 Å². The van der Waals surface area contributed by atoms with Crippen molar-refractivity contribution in [2.75, 3.05) is 14.1 Å². The Bertz CT molecular complexity index is 580. The van der Waals surface area contributed by atoms with Crippen LogP contribution in [0, 0.1) is 11.6 Å². The molecule has 0 aliphatic rings. The molecule has 0 fully saturated rings. The van der Waals surface area contributed by atoms with Gasteiger partial charge in [0.05, 0.1) is 6.34 Å². The van der Waals surface area contributed by atoms with Crippen LogP contribution in [-0.4, -0.2) is 34.7 Å². The standard InChI is InChI=1S/C11H10F2N4S/c1-17(2)6-14-11-15-10(18-16-11)7-3-4-8(12)9(13)5-7/h3-6H,1-2H3/b14-6-. The summed E-state index contributed by atoms with van der Waals surface area (Å²) in [5.41, 5.74) is 0.484. The van der Waals surface area contributed by atoms with Crippen molar-refractivity contribution in [2.24, 2.45) is 4.99 Å². The maximum atomic E-state index is 13.1. The second-order valence-corrected chi connectivity index (χ2v) is 4.49. The summed E-state index contributed by atoms with van der Waals surface area (Å²) in [7, 11) is 3.65. The fraction of sp³-hybridized carbons (Fsp3) is 0.182. The van der Waals surface area contributed by atoms with E-state index >= 15 is 0 Å². The number of hydrogen-bond acceptors (Lipinski definition) is 4. The highest BCUT2D eigenvalue weighted by molar-refractivity contribution is 7.09. The van der Waals surface area contributed by atoms with Crippen molar-refractivity contribution in [2.45, 2.75) is 0 Å². The van der Waals surface area contributed by atoms with Crippen LogP contribution in [0.3, 0.4) is 0 Å². The zero-order chi connectivity index (χ0) is 13.1. The van der Waals surface area contributed by atoms with Gasteiger partial charge in [0.15, 0.2) is 11.6 Å². The molecule has 18 heavy (non-hydrogen) atoms. The van der Waals surface area contributed by atoms with Crippen LogP contribution in [0.5, 0.6) is 0 Å². The summed E-state index contributed by atoms with van der Waals surface area (Å²) in [6, 6.07) is 3.61. The van der Waals surface area contributed by atoms with E-state index in [1.165, 1.54) is 6.07 Å².